The quantitative estimate of drug-likeness (QED) is 0.540. The lowest BCUT2D eigenvalue weighted by Gasteiger charge is -2.29. The van der Waals surface area contributed by atoms with Gasteiger partial charge in [0.05, 0.1) is 12.7 Å². The highest BCUT2D eigenvalue weighted by molar-refractivity contribution is 5.93. The molecule has 182 valence electrons. The smallest absolute Gasteiger partial charge is 0.338 e. The van der Waals surface area contributed by atoms with E-state index in [0.717, 1.165) is 19.3 Å². The van der Waals surface area contributed by atoms with Crippen LogP contribution in [0.5, 0.6) is 11.5 Å². The van der Waals surface area contributed by atoms with Crippen LogP contribution in [0.25, 0.3) is 0 Å². The van der Waals surface area contributed by atoms with Gasteiger partial charge in [-0.3, -0.25) is 9.59 Å². The third kappa shape index (κ3) is 7.19. The zero-order valence-corrected chi connectivity index (χ0v) is 19.3. The summed E-state index contributed by atoms with van der Waals surface area (Å²) in [5.41, 5.74) is 0.612. The molecule has 1 aliphatic rings. The van der Waals surface area contributed by atoms with Crippen molar-refractivity contribution in [2.75, 3.05) is 25.6 Å². The second-order valence-corrected chi connectivity index (χ2v) is 8.22. The number of amides is 2. The van der Waals surface area contributed by atoms with E-state index in [-0.39, 0.29) is 42.2 Å². The van der Waals surface area contributed by atoms with Gasteiger partial charge in [-0.2, -0.15) is 0 Å². The molecule has 1 saturated carbocycles. The summed E-state index contributed by atoms with van der Waals surface area (Å²) in [4.78, 5) is 36.6. The minimum Gasteiger partial charge on any atom is -0.493 e. The number of hydrogen-bond donors (Lipinski definition) is 2. The average molecular weight is 473 g/mol. The molecule has 1 aliphatic carbocycles. The standard InChI is InChI=1S/C25H29FN2O6/c1-16-5-3-4-6-20(16)28-24(30)15-34-25(31)17-7-12-21(22(13-17)32-2)33-14-23(29)27-19-10-8-18(26)9-11-19/h7-13,16,20H,3-6,14-15H2,1-2H3,(H,27,29)(H,28,30)/t16-,20+/m1/s1. The maximum absolute atomic E-state index is 13.0. The summed E-state index contributed by atoms with van der Waals surface area (Å²) in [6.45, 7) is 1.42. The van der Waals surface area contributed by atoms with E-state index >= 15 is 0 Å². The number of hydrogen-bond acceptors (Lipinski definition) is 6. The van der Waals surface area contributed by atoms with Gasteiger partial charge in [0.2, 0.25) is 0 Å². The normalized spacial score (nSPS) is 17.4. The summed E-state index contributed by atoms with van der Waals surface area (Å²) in [5, 5.41) is 5.52. The second kappa shape index (κ2) is 12.0. The predicted molar refractivity (Wildman–Crippen MR) is 123 cm³/mol. The Morgan fingerprint density at radius 2 is 1.71 bits per heavy atom. The van der Waals surface area contributed by atoms with Crippen LogP contribution in [0.15, 0.2) is 42.5 Å². The van der Waals surface area contributed by atoms with Crippen molar-refractivity contribution in [2.24, 2.45) is 5.92 Å². The summed E-state index contributed by atoms with van der Waals surface area (Å²) in [7, 11) is 1.40. The van der Waals surface area contributed by atoms with Crippen molar-refractivity contribution in [3.63, 3.8) is 0 Å². The Morgan fingerprint density at radius 3 is 2.41 bits per heavy atom. The Kier molecular flexibility index (Phi) is 8.84. The van der Waals surface area contributed by atoms with Gasteiger partial charge in [-0.1, -0.05) is 19.8 Å². The van der Waals surface area contributed by atoms with E-state index in [9.17, 15) is 18.8 Å². The lowest BCUT2D eigenvalue weighted by Crippen LogP contribution is -2.42. The maximum atomic E-state index is 13.0. The number of carbonyl (C=O) groups is 3. The molecular weight excluding hydrogens is 443 g/mol. The highest BCUT2D eigenvalue weighted by Crippen LogP contribution is 2.28. The number of benzene rings is 2. The molecule has 0 aliphatic heterocycles. The monoisotopic (exact) mass is 472 g/mol. The Balaban J connectivity index is 1.50. The molecule has 3 rings (SSSR count). The van der Waals surface area contributed by atoms with Crippen LogP contribution in [-0.4, -0.2) is 44.1 Å². The van der Waals surface area contributed by atoms with E-state index in [1.165, 1.54) is 56.0 Å². The zero-order chi connectivity index (χ0) is 24.5. The molecule has 0 spiro atoms. The van der Waals surface area contributed by atoms with Gasteiger partial charge >= 0.3 is 5.97 Å². The molecule has 2 atom stereocenters. The molecule has 2 amide bonds. The molecule has 0 heterocycles. The van der Waals surface area contributed by atoms with Crippen molar-refractivity contribution in [3.05, 3.63) is 53.8 Å². The molecule has 2 aromatic carbocycles. The first-order valence-electron chi connectivity index (χ1n) is 11.2. The lowest BCUT2D eigenvalue weighted by molar-refractivity contribution is -0.125. The number of methoxy groups -OCH3 is 1. The van der Waals surface area contributed by atoms with Crippen LogP contribution in [0.1, 0.15) is 43.0 Å². The Hall–Kier alpha value is -3.62. The SMILES string of the molecule is COc1cc(C(=O)OCC(=O)N[C@H]2CCCC[C@H]2C)ccc1OCC(=O)Nc1ccc(F)cc1. The largest absolute Gasteiger partial charge is 0.493 e. The fourth-order valence-electron chi connectivity index (χ4n) is 3.78. The van der Waals surface area contributed by atoms with E-state index in [4.69, 9.17) is 14.2 Å². The summed E-state index contributed by atoms with van der Waals surface area (Å²) >= 11 is 0. The van der Waals surface area contributed by atoms with Gasteiger partial charge in [0.1, 0.15) is 5.82 Å². The second-order valence-electron chi connectivity index (χ2n) is 8.22. The first kappa shape index (κ1) is 25.0. The summed E-state index contributed by atoms with van der Waals surface area (Å²) in [6, 6.07) is 9.79. The average Bonchev–Trinajstić information content (AvgIpc) is 2.84. The molecule has 0 radical (unpaired) electrons. The van der Waals surface area contributed by atoms with Crippen molar-refractivity contribution >= 4 is 23.5 Å². The van der Waals surface area contributed by atoms with Crippen molar-refractivity contribution < 1.29 is 33.0 Å². The minimum absolute atomic E-state index is 0.108. The van der Waals surface area contributed by atoms with Crippen molar-refractivity contribution in [1.82, 2.24) is 5.32 Å². The summed E-state index contributed by atoms with van der Waals surface area (Å²) in [6.07, 6.45) is 4.26. The van der Waals surface area contributed by atoms with Gasteiger partial charge in [0.15, 0.2) is 24.7 Å². The number of esters is 1. The first-order valence-corrected chi connectivity index (χ1v) is 11.2. The third-order valence-electron chi connectivity index (χ3n) is 5.68. The third-order valence-corrected chi connectivity index (χ3v) is 5.68. The molecule has 0 unspecified atom stereocenters. The van der Waals surface area contributed by atoms with Crippen molar-refractivity contribution in [1.29, 1.82) is 0 Å². The van der Waals surface area contributed by atoms with E-state index in [2.05, 4.69) is 17.6 Å². The number of halogens is 1. The molecule has 0 saturated heterocycles. The van der Waals surface area contributed by atoms with E-state index in [1.54, 1.807) is 0 Å². The zero-order valence-electron chi connectivity index (χ0n) is 19.3. The molecule has 1 fully saturated rings. The molecular formula is C25H29FN2O6. The van der Waals surface area contributed by atoms with Crippen LogP contribution in [0.3, 0.4) is 0 Å². The van der Waals surface area contributed by atoms with Gasteiger partial charge in [0.25, 0.3) is 11.8 Å². The molecule has 0 aromatic heterocycles. The topological polar surface area (TPSA) is 103 Å². The molecule has 8 nitrogen and oxygen atoms in total. The Morgan fingerprint density at radius 1 is 0.971 bits per heavy atom. The number of rotatable bonds is 9. The van der Waals surface area contributed by atoms with Crippen molar-refractivity contribution in [2.45, 2.75) is 38.6 Å². The van der Waals surface area contributed by atoms with Gasteiger partial charge in [-0.05, 0) is 61.2 Å². The lowest BCUT2D eigenvalue weighted by atomic mass is 9.86. The fourth-order valence-corrected chi connectivity index (χ4v) is 3.78. The summed E-state index contributed by atoms with van der Waals surface area (Å²) < 4.78 is 28.8. The van der Waals surface area contributed by atoms with Crippen LogP contribution >= 0.6 is 0 Å². The highest BCUT2D eigenvalue weighted by atomic mass is 19.1. The molecule has 9 heteroatoms. The first-order chi connectivity index (χ1) is 16.4. The van der Waals surface area contributed by atoms with Crippen LogP contribution in [0.2, 0.25) is 0 Å². The van der Waals surface area contributed by atoms with Crippen molar-refractivity contribution in [3.8, 4) is 11.5 Å². The molecule has 2 aromatic rings. The van der Waals surface area contributed by atoms with Gasteiger partial charge < -0.3 is 24.8 Å². The Labute approximate surface area is 197 Å². The predicted octanol–water partition coefficient (Wildman–Crippen LogP) is 3.70. The van der Waals surface area contributed by atoms with Crippen LogP contribution in [0, 0.1) is 11.7 Å². The van der Waals surface area contributed by atoms with Gasteiger partial charge in [-0.25, -0.2) is 9.18 Å². The Bertz CT molecular complexity index is 1010. The molecule has 2 N–H and O–H groups in total. The molecule has 0 bridgehead atoms. The fraction of sp³-hybridized carbons (Fsp3) is 0.400. The van der Waals surface area contributed by atoms with Crippen LogP contribution in [-0.2, 0) is 14.3 Å². The van der Waals surface area contributed by atoms with Crippen LogP contribution in [0.4, 0.5) is 10.1 Å². The number of ether oxygens (including phenoxy) is 3. The number of carbonyl (C=O) groups excluding carboxylic acids is 3. The van der Waals surface area contributed by atoms with Crippen LogP contribution < -0.4 is 20.1 Å². The van der Waals surface area contributed by atoms with E-state index in [0.29, 0.717) is 11.6 Å². The summed E-state index contributed by atoms with van der Waals surface area (Å²) in [5.74, 6) is -0.978. The highest BCUT2D eigenvalue weighted by Gasteiger charge is 2.23. The number of anilines is 1. The minimum atomic E-state index is -0.675. The molecule has 34 heavy (non-hydrogen) atoms. The number of nitrogens with one attached hydrogen (secondary N) is 2. The maximum Gasteiger partial charge on any atom is 0.338 e. The van der Waals surface area contributed by atoms with Gasteiger partial charge in [0, 0.05) is 11.7 Å². The van der Waals surface area contributed by atoms with E-state index in [1.807, 2.05) is 0 Å². The van der Waals surface area contributed by atoms with E-state index < -0.39 is 17.7 Å². The van der Waals surface area contributed by atoms with Gasteiger partial charge in [-0.15, -0.1) is 0 Å².